The lowest BCUT2D eigenvalue weighted by Crippen LogP contribution is -2.49. The maximum absolute atomic E-state index is 14.0. The van der Waals surface area contributed by atoms with Crippen molar-refractivity contribution < 1.29 is 9.18 Å². The zero-order valence-electron chi connectivity index (χ0n) is 19.3. The van der Waals surface area contributed by atoms with E-state index in [1.165, 1.54) is 12.1 Å². The van der Waals surface area contributed by atoms with Gasteiger partial charge in [0.25, 0.3) is 0 Å². The van der Waals surface area contributed by atoms with Crippen molar-refractivity contribution in [3.63, 3.8) is 0 Å². The molecule has 2 aromatic heterocycles. The zero-order valence-corrected chi connectivity index (χ0v) is 19.3. The highest BCUT2D eigenvalue weighted by atomic mass is 19.1. The van der Waals surface area contributed by atoms with Gasteiger partial charge in [-0.2, -0.15) is 0 Å². The number of nitrogens with zero attached hydrogens (tertiary/aromatic N) is 5. The summed E-state index contributed by atoms with van der Waals surface area (Å²) < 4.78 is 15.9. The quantitative estimate of drug-likeness (QED) is 0.488. The summed E-state index contributed by atoms with van der Waals surface area (Å²) in [7, 11) is 0. The van der Waals surface area contributed by atoms with Crippen molar-refractivity contribution in [2.45, 2.75) is 20.4 Å². The van der Waals surface area contributed by atoms with Crippen molar-refractivity contribution in [2.75, 3.05) is 31.5 Å². The van der Waals surface area contributed by atoms with Crippen molar-refractivity contribution >= 4 is 22.9 Å². The minimum Gasteiger partial charge on any atom is -0.322 e. The molecule has 0 atom stereocenters. The maximum atomic E-state index is 14.0. The number of halogens is 1. The van der Waals surface area contributed by atoms with Crippen LogP contribution in [0.25, 0.3) is 16.9 Å². The van der Waals surface area contributed by atoms with E-state index in [4.69, 9.17) is 4.98 Å². The van der Waals surface area contributed by atoms with Crippen molar-refractivity contribution in [2.24, 2.45) is 0 Å². The lowest BCUT2D eigenvalue weighted by Gasteiger charge is -2.34. The second kappa shape index (κ2) is 9.23. The molecule has 5 rings (SSSR count). The highest BCUT2D eigenvalue weighted by molar-refractivity contribution is 5.90. The number of piperazine rings is 1. The van der Waals surface area contributed by atoms with E-state index in [-0.39, 0.29) is 11.8 Å². The largest absolute Gasteiger partial charge is 0.322 e. The number of carbonyl (C=O) groups is 1. The predicted molar refractivity (Wildman–Crippen MR) is 131 cm³/mol. The first kappa shape index (κ1) is 22.0. The van der Waals surface area contributed by atoms with Crippen molar-refractivity contribution in [3.8, 4) is 5.69 Å². The van der Waals surface area contributed by atoms with E-state index in [9.17, 15) is 9.18 Å². The molecule has 1 saturated heterocycles. The number of amides is 2. The number of rotatable bonds is 4. The lowest BCUT2D eigenvalue weighted by molar-refractivity contribution is 0.140. The third-order valence-electron chi connectivity index (χ3n) is 6.42. The van der Waals surface area contributed by atoms with Crippen molar-refractivity contribution in [1.29, 1.82) is 0 Å². The Morgan fingerprint density at radius 2 is 1.82 bits per heavy atom. The molecule has 4 aromatic rings. The summed E-state index contributed by atoms with van der Waals surface area (Å²) >= 11 is 0. The summed E-state index contributed by atoms with van der Waals surface area (Å²) in [5.41, 5.74) is 5.26. The fourth-order valence-electron chi connectivity index (χ4n) is 4.34. The van der Waals surface area contributed by atoms with E-state index in [0.29, 0.717) is 31.0 Å². The summed E-state index contributed by atoms with van der Waals surface area (Å²) in [6, 6.07) is 16.1. The van der Waals surface area contributed by atoms with Gasteiger partial charge in [0, 0.05) is 38.1 Å². The summed E-state index contributed by atoms with van der Waals surface area (Å²) in [6.07, 6.45) is 1.72. The molecule has 3 heterocycles. The van der Waals surface area contributed by atoms with Gasteiger partial charge in [0.2, 0.25) is 0 Å². The number of urea groups is 1. The summed E-state index contributed by atoms with van der Waals surface area (Å²) in [5.74, 6) is 0.497. The van der Waals surface area contributed by atoms with E-state index in [1.54, 1.807) is 12.3 Å². The van der Waals surface area contributed by atoms with Crippen LogP contribution in [0.4, 0.5) is 14.9 Å². The molecule has 34 heavy (non-hydrogen) atoms. The maximum Gasteiger partial charge on any atom is 0.321 e. The van der Waals surface area contributed by atoms with Gasteiger partial charge in [-0.15, -0.1) is 0 Å². The summed E-state index contributed by atoms with van der Waals surface area (Å²) in [6.45, 7) is 7.32. The Morgan fingerprint density at radius 3 is 2.62 bits per heavy atom. The summed E-state index contributed by atoms with van der Waals surface area (Å²) in [4.78, 5) is 26.2. The molecule has 1 aliphatic rings. The molecule has 1 fully saturated rings. The van der Waals surface area contributed by atoms with Crippen LogP contribution in [0.15, 0.2) is 60.8 Å². The zero-order chi connectivity index (χ0) is 23.7. The number of aromatic nitrogens is 3. The number of aryl methyl sites for hydroxylation is 1. The molecule has 2 aromatic carbocycles. The number of fused-ring (bicyclic) bond motifs is 1. The molecule has 0 aliphatic carbocycles. The average molecular weight is 459 g/mol. The van der Waals surface area contributed by atoms with Crippen LogP contribution in [-0.4, -0.2) is 56.5 Å². The van der Waals surface area contributed by atoms with E-state index >= 15 is 0 Å². The lowest BCUT2D eigenvalue weighted by atomic mass is 10.1. The van der Waals surface area contributed by atoms with Crippen LogP contribution in [-0.2, 0) is 6.54 Å². The average Bonchev–Trinajstić information content (AvgIpc) is 3.20. The molecule has 0 saturated carbocycles. The van der Waals surface area contributed by atoms with Crippen LogP contribution in [0.5, 0.6) is 0 Å². The third-order valence-corrected chi connectivity index (χ3v) is 6.42. The number of carbonyl (C=O) groups excluding carboxylic acids is 1. The first-order valence-corrected chi connectivity index (χ1v) is 11.4. The molecule has 174 valence electrons. The van der Waals surface area contributed by atoms with Gasteiger partial charge < -0.3 is 10.2 Å². The Kier molecular flexibility index (Phi) is 5.98. The molecule has 0 radical (unpaired) electrons. The van der Waals surface area contributed by atoms with Gasteiger partial charge in [0.1, 0.15) is 17.2 Å². The Morgan fingerprint density at radius 1 is 1.03 bits per heavy atom. The second-order valence-electron chi connectivity index (χ2n) is 8.63. The van der Waals surface area contributed by atoms with E-state index < -0.39 is 0 Å². The monoisotopic (exact) mass is 458 g/mol. The normalized spacial score (nSPS) is 14.5. The highest BCUT2D eigenvalue weighted by Crippen LogP contribution is 2.23. The van der Waals surface area contributed by atoms with Crippen molar-refractivity contribution in [3.05, 3.63) is 83.6 Å². The number of imidazole rings is 1. The smallest absolute Gasteiger partial charge is 0.321 e. The number of benzene rings is 2. The summed E-state index contributed by atoms with van der Waals surface area (Å²) in [5, 5.41) is 3.05. The van der Waals surface area contributed by atoms with Crippen molar-refractivity contribution in [1.82, 2.24) is 24.3 Å². The standard InChI is InChI=1S/C26H27FN6O/c1-18-6-3-9-22(19(18)2)30-26(34)32-14-12-31(13-15-32)17-24-29-23-10-5-11-28-25(23)33(24)21-8-4-7-20(27)16-21/h3-11,16H,12-15,17H2,1-2H3,(H,30,34). The van der Waals surface area contributed by atoms with E-state index in [2.05, 4.69) is 15.2 Å². The van der Waals surface area contributed by atoms with Crippen LogP contribution in [0.2, 0.25) is 0 Å². The number of hydrogen-bond donors (Lipinski definition) is 1. The molecule has 2 amide bonds. The molecule has 1 N–H and O–H groups in total. The Balaban J connectivity index is 1.30. The minimum atomic E-state index is -0.301. The number of hydrogen-bond acceptors (Lipinski definition) is 4. The first-order chi connectivity index (χ1) is 16.5. The first-order valence-electron chi connectivity index (χ1n) is 11.4. The highest BCUT2D eigenvalue weighted by Gasteiger charge is 2.24. The third kappa shape index (κ3) is 4.36. The molecular weight excluding hydrogens is 431 g/mol. The van der Waals surface area contributed by atoms with Gasteiger partial charge >= 0.3 is 6.03 Å². The molecule has 7 nitrogen and oxygen atoms in total. The van der Waals surface area contributed by atoms with Crippen LogP contribution in [0.1, 0.15) is 17.0 Å². The van der Waals surface area contributed by atoms with Gasteiger partial charge in [-0.1, -0.05) is 18.2 Å². The Hall–Kier alpha value is -3.78. The molecular formula is C26H27FN6O. The Bertz CT molecular complexity index is 1340. The number of pyridine rings is 1. The van der Waals surface area contributed by atoms with Crippen LogP contribution < -0.4 is 5.32 Å². The second-order valence-corrected chi connectivity index (χ2v) is 8.63. The minimum absolute atomic E-state index is 0.0791. The van der Waals surface area contributed by atoms with E-state index in [1.807, 2.05) is 59.7 Å². The van der Waals surface area contributed by atoms with Gasteiger partial charge in [-0.25, -0.2) is 19.2 Å². The predicted octanol–water partition coefficient (Wildman–Crippen LogP) is 4.53. The number of anilines is 1. The van der Waals surface area contributed by atoms with Crippen LogP contribution in [0, 0.1) is 19.7 Å². The molecule has 0 spiro atoms. The van der Waals surface area contributed by atoms with Gasteiger partial charge in [0.05, 0.1) is 12.2 Å². The van der Waals surface area contributed by atoms with E-state index in [0.717, 1.165) is 41.2 Å². The molecule has 0 bridgehead atoms. The topological polar surface area (TPSA) is 66.3 Å². The van der Waals surface area contributed by atoms with Gasteiger partial charge in [-0.05, 0) is 61.4 Å². The molecule has 0 unspecified atom stereocenters. The molecule has 1 aliphatic heterocycles. The van der Waals surface area contributed by atoms with Gasteiger partial charge in [0.15, 0.2) is 5.65 Å². The van der Waals surface area contributed by atoms with Crippen LogP contribution >= 0.6 is 0 Å². The fourth-order valence-corrected chi connectivity index (χ4v) is 4.34. The van der Waals surface area contributed by atoms with Gasteiger partial charge in [-0.3, -0.25) is 9.47 Å². The van der Waals surface area contributed by atoms with Crippen LogP contribution in [0.3, 0.4) is 0 Å². The fraction of sp³-hybridized carbons (Fsp3) is 0.269. The number of nitrogens with one attached hydrogen (secondary N) is 1. The molecule has 8 heteroatoms. The Labute approximate surface area is 197 Å². The SMILES string of the molecule is Cc1cccc(NC(=O)N2CCN(Cc3nc4cccnc4n3-c3cccc(F)c3)CC2)c1C.